The van der Waals surface area contributed by atoms with Crippen LogP contribution in [0.2, 0.25) is 0 Å². The van der Waals surface area contributed by atoms with Gasteiger partial charge in [-0.15, -0.1) is 12.4 Å². The van der Waals surface area contributed by atoms with Gasteiger partial charge in [0.25, 0.3) is 0 Å². The van der Waals surface area contributed by atoms with E-state index in [1.165, 1.54) is 30.4 Å². The van der Waals surface area contributed by atoms with Crippen molar-refractivity contribution in [2.75, 3.05) is 33.4 Å². The second kappa shape index (κ2) is 14.7. The molecule has 1 fully saturated rings. The number of benzene rings is 3. The summed E-state index contributed by atoms with van der Waals surface area (Å²) in [7, 11) is 1.29. The zero-order chi connectivity index (χ0) is 30.4. The van der Waals surface area contributed by atoms with E-state index in [0.29, 0.717) is 23.4 Å². The number of methoxy groups -OCH3 is 1. The molecule has 44 heavy (non-hydrogen) atoms. The summed E-state index contributed by atoms with van der Waals surface area (Å²) in [6.07, 6.45) is 2.70. The number of carbonyl (C=O) groups is 2. The highest BCUT2D eigenvalue weighted by Gasteiger charge is 2.39. The van der Waals surface area contributed by atoms with Gasteiger partial charge in [-0.3, -0.25) is 0 Å². The molecule has 0 saturated carbocycles. The first-order valence-electron chi connectivity index (χ1n) is 14.9. The number of likely N-dealkylation sites (tertiary alicyclic amines) is 1. The average molecular weight is 619 g/mol. The normalized spacial score (nSPS) is 18.2. The van der Waals surface area contributed by atoms with E-state index < -0.39 is 23.7 Å². The number of carbonyl (C=O) groups excluding carboxylic acids is 2. The molecule has 1 atom stereocenters. The monoisotopic (exact) mass is 618 g/mol. The van der Waals surface area contributed by atoms with Crippen molar-refractivity contribution in [3.05, 3.63) is 130 Å². The maximum Gasteiger partial charge on any atom is 0.336 e. The van der Waals surface area contributed by atoms with Crippen LogP contribution in [-0.2, 0) is 24.5 Å². The minimum absolute atomic E-state index is 0. The Balaban J connectivity index is 0.00000442. The van der Waals surface area contributed by atoms with Crippen molar-refractivity contribution in [1.29, 1.82) is 0 Å². The van der Waals surface area contributed by atoms with Gasteiger partial charge in [0, 0.05) is 23.4 Å². The minimum Gasteiger partial charge on any atom is -0.466 e. The number of esters is 2. The Hall–Kier alpha value is -3.94. The van der Waals surface area contributed by atoms with Crippen molar-refractivity contribution in [2.45, 2.75) is 44.4 Å². The Labute approximate surface area is 265 Å². The van der Waals surface area contributed by atoms with Gasteiger partial charge in [-0.05, 0) is 75.0 Å². The number of hydrogen-bond donors (Lipinski definition) is 1. The van der Waals surface area contributed by atoms with Crippen molar-refractivity contribution in [3.8, 4) is 0 Å². The summed E-state index contributed by atoms with van der Waals surface area (Å²) in [4.78, 5) is 28.7. The van der Waals surface area contributed by atoms with Crippen molar-refractivity contribution in [3.63, 3.8) is 0 Å². The average Bonchev–Trinajstić information content (AvgIpc) is 3.03. The van der Waals surface area contributed by atoms with E-state index in [-0.39, 0.29) is 35.6 Å². The van der Waals surface area contributed by atoms with Crippen LogP contribution in [0, 0.1) is 5.82 Å². The first-order valence-corrected chi connectivity index (χ1v) is 14.9. The number of piperidine rings is 1. The van der Waals surface area contributed by atoms with Gasteiger partial charge in [-0.25, -0.2) is 14.0 Å². The van der Waals surface area contributed by atoms with Crippen LogP contribution in [0.15, 0.2) is 107 Å². The highest BCUT2D eigenvalue weighted by molar-refractivity contribution is 5.99. The molecule has 1 N–H and O–H groups in total. The maximum absolute atomic E-state index is 14.2. The van der Waals surface area contributed by atoms with E-state index in [1.54, 1.807) is 26.0 Å². The standard InChI is InChI=1S/C36H39FN2O4.ClH/c1-25-31(34(40)42-3)33(27-12-10-17-30(37)24-27)32(26(2)38-25)35(41)43-23-11-20-39-21-18-36(19-22-39,28-13-6-4-7-14-28)29-15-8-5-9-16-29;/h4-10,12-17,24,33,38H,11,18-23H2,1-3H3;1H. The molecule has 0 bridgehead atoms. The van der Waals surface area contributed by atoms with Crippen LogP contribution in [0.5, 0.6) is 0 Å². The molecule has 1 unspecified atom stereocenters. The van der Waals surface area contributed by atoms with Crippen molar-refractivity contribution in [2.24, 2.45) is 0 Å². The van der Waals surface area contributed by atoms with Gasteiger partial charge in [0.2, 0.25) is 0 Å². The number of hydrogen-bond acceptors (Lipinski definition) is 6. The third-order valence-corrected chi connectivity index (χ3v) is 8.78. The van der Waals surface area contributed by atoms with Gasteiger partial charge >= 0.3 is 11.9 Å². The summed E-state index contributed by atoms with van der Waals surface area (Å²) in [5.74, 6) is -2.36. The number of allylic oxidation sites excluding steroid dienone is 2. The molecule has 3 aromatic carbocycles. The molecule has 2 aliphatic rings. The Kier molecular flexibility index (Phi) is 11.0. The summed E-state index contributed by atoms with van der Waals surface area (Å²) in [5.41, 5.74) is 4.84. The molecular weight excluding hydrogens is 579 g/mol. The molecule has 3 aromatic rings. The molecule has 0 amide bonds. The lowest BCUT2D eigenvalue weighted by Gasteiger charge is -2.43. The van der Waals surface area contributed by atoms with Gasteiger partial charge in [0.05, 0.1) is 30.8 Å². The van der Waals surface area contributed by atoms with Crippen LogP contribution in [0.4, 0.5) is 4.39 Å². The lowest BCUT2D eigenvalue weighted by Crippen LogP contribution is -2.43. The Morgan fingerprint density at radius 3 is 1.98 bits per heavy atom. The first kappa shape index (κ1) is 33.0. The third-order valence-electron chi connectivity index (χ3n) is 8.78. The summed E-state index contributed by atoms with van der Waals surface area (Å²) in [6.45, 7) is 6.44. The van der Waals surface area contributed by atoms with E-state index in [9.17, 15) is 14.0 Å². The van der Waals surface area contributed by atoms with Crippen LogP contribution in [-0.4, -0.2) is 50.2 Å². The Morgan fingerprint density at radius 1 is 0.864 bits per heavy atom. The number of dihydropyridines is 1. The largest absolute Gasteiger partial charge is 0.466 e. The van der Waals surface area contributed by atoms with Gasteiger partial charge in [-0.1, -0.05) is 72.8 Å². The second-order valence-electron chi connectivity index (χ2n) is 11.3. The first-order chi connectivity index (χ1) is 20.8. The zero-order valence-corrected chi connectivity index (χ0v) is 26.3. The van der Waals surface area contributed by atoms with Gasteiger partial charge < -0.3 is 19.7 Å². The van der Waals surface area contributed by atoms with E-state index in [4.69, 9.17) is 9.47 Å². The molecule has 0 aromatic heterocycles. The fourth-order valence-corrected chi connectivity index (χ4v) is 6.61. The quantitative estimate of drug-likeness (QED) is 0.213. The number of nitrogens with one attached hydrogen (secondary N) is 1. The lowest BCUT2D eigenvalue weighted by atomic mass is 9.68. The van der Waals surface area contributed by atoms with E-state index in [2.05, 4.69) is 70.9 Å². The van der Waals surface area contributed by atoms with Crippen LogP contribution in [0.1, 0.15) is 55.7 Å². The van der Waals surface area contributed by atoms with E-state index in [1.807, 2.05) is 0 Å². The lowest BCUT2D eigenvalue weighted by molar-refractivity contribution is -0.139. The SMILES string of the molecule is COC(=O)C1=C(C)NC(C)=C(C(=O)OCCCN2CCC(c3ccccc3)(c3ccccc3)CC2)C1c1cccc(F)c1.Cl. The topological polar surface area (TPSA) is 67.9 Å². The molecule has 5 rings (SSSR count). The predicted molar refractivity (Wildman–Crippen MR) is 172 cm³/mol. The second-order valence-corrected chi connectivity index (χ2v) is 11.3. The third kappa shape index (κ3) is 6.90. The number of nitrogens with zero attached hydrogens (tertiary/aromatic N) is 1. The zero-order valence-electron chi connectivity index (χ0n) is 25.5. The minimum atomic E-state index is -0.803. The molecule has 2 aliphatic heterocycles. The predicted octanol–water partition coefficient (Wildman–Crippen LogP) is 6.67. The Morgan fingerprint density at radius 2 is 1.43 bits per heavy atom. The van der Waals surface area contributed by atoms with Crippen LogP contribution < -0.4 is 5.32 Å². The summed E-state index contributed by atoms with van der Waals surface area (Å²) in [5, 5.41) is 3.12. The summed E-state index contributed by atoms with van der Waals surface area (Å²) >= 11 is 0. The van der Waals surface area contributed by atoms with Crippen molar-refractivity contribution in [1.82, 2.24) is 10.2 Å². The smallest absolute Gasteiger partial charge is 0.336 e. The van der Waals surface area contributed by atoms with Gasteiger partial charge in [-0.2, -0.15) is 0 Å². The van der Waals surface area contributed by atoms with Gasteiger partial charge in [0.1, 0.15) is 5.82 Å². The summed E-state index contributed by atoms with van der Waals surface area (Å²) in [6, 6.07) is 27.5. The molecule has 0 aliphatic carbocycles. The summed E-state index contributed by atoms with van der Waals surface area (Å²) < 4.78 is 25.0. The molecule has 6 nitrogen and oxygen atoms in total. The molecule has 0 spiro atoms. The molecule has 0 radical (unpaired) electrons. The maximum atomic E-state index is 14.2. The molecular formula is C36H40ClFN2O4. The number of rotatable bonds is 9. The van der Waals surface area contributed by atoms with Crippen LogP contribution >= 0.6 is 12.4 Å². The van der Waals surface area contributed by atoms with E-state index >= 15 is 0 Å². The molecule has 8 heteroatoms. The number of ether oxygens (including phenoxy) is 2. The fraction of sp³-hybridized carbons (Fsp3) is 0.333. The molecule has 2 heterocycles. The Bertz CT molecular complexity index is 1470. The highest BCUT2D eigenvalue weighted by atomic mass is 35.5. The number of halogens is 2. The molecule has 1 saturated heterocycles. The molecule has 232 valence electrons. The van der Waals surface area contributed by atoms with E-state index in [0.717, 1.165) is 32.5 Å². The highest BCUT2D eigenvalue weighted by Crippen LogP contribution is 2.42. The fourth-order valence-electron chi connectivity index (χ4n) is 6.61. The van der Waals surface area contributed by atoms with Crippen molar-refractivity contribution >= 4 is 24.3 Å². The van der Waals surface area contributed by atoms with Gasteiger partial charge in [0.15, 0.2) is 0 Å². The van der Waals surface area contributed by atoms with Crippen LogP contribution in [0.25, 0.3) is 0 Å². The van der Waals surface area contributed by atoms with Crippen molar-refractivity contribution < 1.29 is 23.5 Å². The van der Waals surface area contributed by atoms with Crippen LogP contribution in [0.3, 0.4) is 0 Å².